The third kappa shape index (κ3) is 32.7. The molecule has 0 bridgehead atoms. The van der Waals surface area contributed by atoms with Crippen LogP contribution in [0.5, 0.6) is 0 Å². The van der Waals surface area contributed by atoms with Crippen molar-refractivity contribution in [3.8, 4) is 0 Å². The predicted molar refractivity (Wildman–Crippen MR) is 39.6 cm³/mol. The van der Waals surface area contributed by atoms with Crippen LogP contribution in [0.15, 0.2) is 0 Å². The van der Waals surface area contributed by atoms with Crippen molar-refractivity contribution in [2.45, 2.75) is 0 Å². The van der Waals surface area contributed by atoms with Gasteiger partial charge in [0.2, 0.25) is 0 Å². The van der Waals surface area contributed by atoms with Crippen LogP contribution in [0, 0.1) is 0 Å². The summed E-state index contributed by atoms with van der Waals surface area (Å²) in [6, 6.07) is 0. The fourth-order valence-corrected chi connectivity index (χ4v) is 0. The lowest BCUT2D eigenvalue weighted by molar-refractivity contribution is 0.824. The molecule has 5 heavy (non-hydrogen) atoms. The summed E-state index contributed by atoms with van der Waals surface area (Å²) < 4.78 is 0. The van der Waals surface area contributed by atoms with Crippen LogP contribution < -0.4 is 0 Å². The van der Waals surface area contributed by atoms with E-state index in [0.29, 0.717) is 0 Å². The molecule has 0 radical (unpaired) electrons. The molecular formula is H6OS4. The van der Waals surface area contributed by atoms with Gasteiger partial charge in [-0.15, -0.1) is 46.6 Å². The van der Waals surface area contributed by atoms with Crippen LogP contribution >= 0.6 is 46.6 Å². The number of thiol groups is 4. The summed E-state index contributed by atoms with van der Waals surface area (Å²) in [5, 5.41) is 0. The molecule has 0 aromatic rings. The lowest BCUT2D eigenvalue weighted by Gasteiger charge is -1.11. The van der Waals surface area contributed by atoms with Gasteiger partial charge in [-0.1, -0.05) is 0 Å². The molecule has 1 nitrogen and oxygen atoms in total. The van der Waals surface area contributed by atoms with E-state index in [1.165, 1.54) is 0 Å². The maximum absolute atomic E-state index is 3.22. The van der Waals surface area contributed by atoms with Crippen molar-refractivity contribution in [2.75, 3.05) is 0 Å². The molecule has 0 atom stereocenters. The highest BCUT2D eigenvalue weighted by Gasteiger charge is 0.887. The Morgan fingerprint density at radius 2 is 0.600 bits per heavy atom. The van der Waals surface area contributed by atoms with E-state index in [9.17, 15) is 0 Å². The molecule has 0 aliphatic rings. The first kappa shape index (κ1) is 16.2. The maximum Gasteiger partial charge on any atom is -0.115 e. The molecule has 5 heteroatoms. The van der Waals surface area contributed by atoms with Gasteiger partial charge in [0.05, 0.1) is 0 Å². The van der Waals surface area contributed by atoms with Crippen molar-refractivity contribution in [1.82, 2.24) is 0 Å². The van der Waals surface area contributed by atoms with Gasteiger partial charge in [0.25, 0.3) is 0 Å². The maximum atomic E-state index is 3.22. The Hall–Kier alpha value is 1.36. The van der Waals surface area contributed by atoms with Crippen molar-refractivity contribution in [2.24, 2.45) is 0 Å². The topological polar surface area (TPSA) is 31.5 Å². The van der Waals surface area contributed by atoms with Gasteiger partial charge in [-0.3, -0.25) is 0 Å². The normalized spacial score (nSPS) is 2.40. The van der Waals surface area contributed by atoms with E-state index < -0.39 is 0 Å². The van der Waals surface area contributed by atoms with E-state index in [2.05, 4.69) is 46.6 Å². The van der Waals surface area contributed by atoms with Gasteiger partial charge in [-0.25, -0.2) is 0 Å². The zero-order chi connectivity index (χ0) is 4.00. The highest BCUT2D eigenvalue weighted by Crippen LogP contribution is 1.65. The molecular weight excluding hydrogens is 144 g/mol. The molecule has 0 saturated heterocycles. The van der Waals surface area contributed by atoms with Crippen LogP contribution in [0.25, 0.3) is 0 Å². The van der Waals surface area contributed by atoms with Gasteiger partial charge in [-0.2, -0.15) is 0 Å². The lowest BCUT2D eigenvalue weighted by Crippen LogP contribution is -0.352. The van der Waals surface area contributed by atoms with E-state index in [4.69, 9.17) is 0 Å². The van der Waals surface area contributed by atoms with E-state index in [1.54, 1.807) is 0 Å². The van der Waals surface area contributed by atoms with Crippen LogP contribution in [0.2, 0.25) is 0 Å². The highest BCUT2D eigenvalue weighted by molar-refractivity contribution is 8.59. The third-order valence-corrected chi connectivity index (χ3v) is 0. The van der Waals surface area contributed by atoms with Crippen LogP contribution in [-0.4, -0.2) is 5.48 Å². The third-order valence-electron chi connectivity index (χ3n) is 0. The average Bonchev–Trinajstić information content (AvgIpc) is 1.50. The van der Waals surface area contributed by atoms with Crippen molar-refractivity contribution < 1.29 is 5.48 Å². The van der Waals surface area contributed by atoms with Gasteiger partial charge in [0, 0.05) is 0 Å². The molecule has 0 unspecified atom stereocenters. The summed E-state index contributed by atoms with van der Waals surface area (Å²) in [6.45, 7) is 0. The summed E-state index contributed by atoms with van der Waals surface area (Å²) in [5.74, 6) is 0. The fourth-order valence-electron chi connectivity index (χ4n) is 0. The zero-order valence-corrected chi connectivity index (χ0v) is 5.87. The van der Waals surface area contributed by atoms with Crippen molar-refractivity contribution in [3.63, 3.8) is 0 Å². The average molecular weight is 150 g/mol. The van der Waals surface area contributed by atoms with Gasteiger partial charge in [0.1, 0.15) is 0 Å². The monoisotopic (exact) mass is 150 g/mol. The van der Waals surface area contributed by atoms with Gasteiger partial charge >= 0.3 is 0 Å². The molecule has 0 aliphatic carbocycles. The van der Waals surface area contributed by atoms with Crippen molar-refractivity contribution >= 4 is 46.6 Å². The number of hydrogen-bond donors (Lipinski definition) is 4. The summed E-state index contributed by atoms with van der Waals surface area (Å²) in [6.07, 6.45) is 0. The summed E-state index contributed by atoms with van der Waals surface area (Å²) in [7, 11) is 0. The Balaban J connectivity index is -0.0000000133. The van der Waals surface area contributed by atoms with Crippen molar-refractivity contribution in [3.05, 3.63) is 0 Å². The molecule has 0 amide bonds. The first-order chi connectivity index (χ1) is 2.00. The molecule has 36 valence electrons. The quantitative estimate of drug-likeness (QED) is 0.289. The highest BCUT2D eigenvalue weighted by atomic mass is 33.1. The standard InChI is InChI=1S/H2O.2H2S2/c;2*1-2/h1H2;2*1-2H. The van der Waals surface area contributed by atoms with E-state index in [1.807, 2.05) is 0 Å². The summed E-state index contributed by atoms with van der Waals surface area (Å²) >= 11 is 12.9. The molecule has 0 saturated carbocycles. The van der Waals surface area contributed by atoms with Crippen LogP contribution in [0.3, 0.4) is 0 Å². The number of rotatable bonds is 0. The van der Waals surface area contributed by atoms with Crippen LogP contribution in [-0.2, 0) is 0 Å². The molecule has 0 spiro atoms. The van der Waals surface area contributed by atoms with Gasteiger partial charge in [-0.05, 0) is 0 Å². The second-order valence-corrected chi connectivity index (χ2v) is 0. The molecule has 2 N–H and O–H groups in total. The van der Waals surface area contributed by atoms with E-state index in [0.717, 1.165) is 0 Å². The first-order valence-electron chi connectivity index (χ1n) is 0.400. The predicted octanol–water partition coefficient (Wildman–Crippen LogP) is 0.697. The first-order valence-corrected chi connectivity index (χ1v) is 3.60. The second-order valence-electron chi connectivity index (χ2n) is 0. The molecule has 0 aromatic carbocycles. The Bertz CT molecular complexity index is 3.61. The number of hydrogen-bond acceptors (Lipinski definition) is 4. The summed E-state index contributed by atoms with van der Waals surface area (Å²) in [4.78, 5) is 0. The molecule has 0 aliphatic heterocycles. The van der Waals surface area contributed by atoms with Gasteiger partial charge in [0.15, 0.2) is 0 Å². The lowest BCUT2D eigenvalue weighted by atomic mass is 16.0. The smallest absolute Gasteiger partial charge is 0.115 e. The molecule has 0 aromatic heterocycles. The fraction of sp³-hybridized carbons (Fsp3) is 0. The van der Waals surface area contributed by atoms with E-state index >= 15 is 0 Å². The van der Waals surface area contributed by atoms with Crippen LogP contribution in [0.4, 0.5) is 0 Å². The second kappa shape index (κ2) is 55.1. The molecule has 0 rings (SSSR count). The minimum atomic E-state index is 0. The Kier molecular flexibility index (Phi) is 178. The SMILES string of the molecule is O.SS.SS. The zero-order valence-electron chi connectivity index (χ0n) is 2.29. The summed E-state index contributed by atoms with van der Waals surface area (Å²) in [5.41, 5.74) is 0. The van der Waals surface area contributed by atoms with Crippen molar-refractivity contribution in [1.29, 1.82) is 0 Å². The van der Waals surface area contributed by atoms with Gasteiger partial charge < -0.3 is 5.48 Å². The van der Waals surface area contributed by atoms with Crippen LogP contribution in [0.1, 0.15) is 0 Å². The van der Waals surface area contributed by atoms with E-state index in [-0.39, 0.29) is 5.48 Å². The Labute approximate surface area is 52.3 Å². The minimum Gasteiger partial charge on any atom is -0.412 e. The Morgan fingerprint density at radius 3 is 0.600 bits per heavy atom. The molecule has 0 fully saturated rings. The largest absolute Gasteiger partial charge is 0.412 e. The molecule has 0 heterocycles. The minimum absolute atomic E-state index is 0. The Morgan fingerprint density at radius 1 is 0.600 bits per heavy atom.